The summed E-state index contributed by atoms with van der Waals surface area (Å²) in [5.41, 5.74) is 0.387. The van der Waals surface area contributed by atoms with Crippen molar-refractivity contribution in [1.29, 1.82) is 0 Å². The molecular weight excluding hydrogens is 321 g/mol. The lowest BCUT2D eigenvalue weighted by atomic mass is 10.2. The van der Waals surface area contributed by atoms with Gasteiger partial charge in [-0.15, -0.1) is 6.42 Å². The lowest BCUT2D eigenvalue weighted by Gasteiger charge is -2.40. The van der Waals surface area contributed by atoms with E-state index in [-0.39, 0.29) is 18.5 Å². The van der Waals surface area contributed by atoms with E-state index >= 15 is 0 Å². The van der Waals surface area contributed by atoms with Crippen LogP contribution in [0.1, 0.15) is 17.3 Å². The maximum absolute atomic E-state index is 12.5. The van der Waals surface area contributed by atoms with Gasteiger partial charge in [0.2, 0.25) is 0 Å². The van der Waals surface area contributed by atoms with Crippen LogP contribution in [-0.2, 0) is 0 Å². The Bertz CT molecular complexity index is 609. The van der Waals surface area contributed by atoms with Gasteiger partial charge in [-0.05, 0) is 19.1 Å². The van der Waals surface area contributed by atoms with E-state index in [1.54, 1.807) is 19.1 Å². The van der Waals surface area contributed by atoms with Crippen LogP contribution in [0.2, 0.25) is 0 Å². The molecule has 8 heteroatoms. The number of hydrogen-bond acceptors (Lipinski definition) is 4. The monoisotopic (exact) mass is 340 g/mol. The lowest BCUT2D eigenvalue weighted by Crippen LogP contribution is -2.54. The highest BCUT2D eigenvalue weighted by Crippen LogP contribution is 2.22. The van der Waals surface area contributed by atoms with Crippen LogP contribution < -0.4 is 10.2 Å². The number of pyridine rings is 1. The van der Waals surface area contributed by atoms with Gasteiger partial charge in [0.15, 0.2) is 0 Å². The molecule has 1 N–H and O–H groups in total. The van der Waals surface area contributed by atoms with E-state index in [1.165, 1.54) is 11.1 Å². The summed E-state index contributed by atoms with van der Waals surface area (Å²) in [7, 11) is 0. The minimum Gasteiger partial charge on any atom is -0.354 e. The predicted molar refractivity (Wildman–Crippen MR) is 84.7 cm³/mol. The molecule has 1 saturated heterocycles. The first-order valence-corrected chi connectivity index (χ1v) is 7.53. The standard InChI is InChI=1S/C16H19F3N4O/c1-3-6-20-15(24)13-4-5-14(21-9-13)22-7-8-23(12(2)10-22)11-16(17,18)19/h1,4-5,9,12H,6-8,10-11H2,2H3,(H,20,24). The van der Waals surface area contributed by atoms with Gasteiger partial charge in [-0.1, -0.05) is 5.92 Å². The number of aromatic nitrogens is 1. The smallest absolute Gasteiger partial charge is 0.354 e. The maximum atomic E-state index is 12.5. The average Bonchev–Trinajstić information content (AvgIpc) is 2.53. The van der Waals surface area contributed by atoms with Crippen molar-refractivity contribution in [2.75, 3.05) is 37.6 Å². The summed E-state index contributed by atoms with van der Waals surface area (Å²) in [6.07, 6.45) is 2.32. The van der Waals surface area contributed by atoms with Crippen molar-refractivity contribution in [3.8, 4) is 12.3 Å². The third-order valence-corrected chi connectivity index (χ3v) is 3.83. The molecule has 0 aromatic carbocycles. The van der Waals surface area contributed by atoms with E-state index in [0.29, 0.717) is 31.0 Å². The van der Waals surface area contributed by atoms with E-state index in [0.717, 1.165) is 0 Å². The van der Waals surface area contributed by atoms with Gasteiger partial charge in [-0.3, -0.25) is 9.69 Å². The Morgan fingerprint density at radius 2 is 2.21 bits per heavy atom. The first-order valence-electron chi connectivity index (χ1n) is 7.53. The Kier molecular flexibility index (Phi) is 5.67. The first kappa shape index (κ1) is 18.1. The molecule has 130 valence electrons. The summed E-state index contributed by atoms with van der Waals surface area (Å²) in [5.74, 6) is 2.64. The summed E-state index contributed by atoms with van der Waals surface area (Å²) in [5, 5.41) is 2.54. The number of amides is 1. The molecule has 1 aliphatic heterocycles. The fourth-order valence-corrected chi connectivity index (χ4v) is 2.61. The summed E-state index contributed by atoms with van der Waals surface area (Å²) in [6, 6.07) is 3.08. The van der Waals surface area contributed by atoms with Crippen LogP contribution in [0.3, 0.4) is 0 Å². The van der Waals surface area contributed by atoms with Gasteiger partial charge in [0.05, 0.1) is 18.7 Å². The van der Waals surface area contributed by atoms with Crippen LogP contribution in [0.15, 0.2) is 18.3 Å². The Labute approximate surface area is 138 Å². The normalized spacial score (nSPS) is 19.0. The van der Waals surface area contributed by atoms with Crippen LogP contribution in [0, 0.1) is 12.3 Å². The molecule has 0 bridgehead atoms. The minimum atomic E-state index is -4.19. The zero-order valence-corrected chi connectivity index (χ0v) is 13.3. The number of nitrogens with one attached hydrogen (secondary N) is 1. The van der Waals surface area contributed by atoms with Gasteiger partial charge in [0.1, 0.15) is 5.82 Å². The molecular formula is C16H19F3N4O. The van der Waals surface area contributed by atoms with Crippen LogP contribution in [0.25, 0.3) is 0 Å². The number of rotatable bonds is 4. The highest BCUT2D eigenvalue weighted by Gasteiger charge is 2.35. The third-order valence-electron chi connectivity index (χ3n) is 3.83. The van der Waals surface area contributed by atoms with E-state index in [4.69, 9.17) is 6.42 Å². The zero-order chi connectivity index (χ0) is 17.7. The molecule has 1 aromatic heterocycles. The fourth-order valence-electron chi connectivity index (χ4n) is 2.61. The summed E-state index contributed by atoms with van der Waals surface area (Å²) < 4.78 is 37.6. The second-order valence-corrected chi connectivity index (χ2v) is 5.67. The van der Waals surface area contributed by atoms with Crippen LogP contribution in [0.5, 0.6) is 0 Å². The Balaban J connectivity index is 1.96. The number of carbonyl (C=O) groups is 1. The van der Waals surface area contributed by atoms with Crippen LogP contribution >= 0.6 is 0 Å². The molecule has 2 heterocycles. The number of terminal acetylenes is 1. The molecule has 0 radical (unpaired) electrons. The fraction of sp³-hybridized carbons (Fsp3) is 0.500. The summed E-state index contributed by atoms with van der Waals surface area (Å²) >= 11 is 0. The molecule has 1 fully saturated rings. The molecule has 2 rings (SSSR count). The molecule has 0 saturated carbocycles. The number of alkyl halides is 3. The molecule has 1 atom stereocenters. The Morgan fingerprint density at radius 1 is 1.46 bits per heavy atom. The number of hydrogen-bond donors (Lipinski definition) is 1. The van der Waals surface area contributed by atoms with Crippen molar-refractivity contribution in [2.24, 2.45) is 0 Å². The van der Waals surface area contributed by atoms with Crippen molar-refractivity contribution < 1.29 is 18.0 Å². The summed E-state index contributed by atoms with van der Waals surface area (Å²) in [4.78, 5) is 19.3. The van der Waals surface area contributed by atoms with E-state index in [1.807, 2.05) is 4.90 Å². The zero-order valence-electron chi connectivity index (χ0n) is 13.3. The minimum absolute atomic E-state index is 0.138. The Hall–Kier alpha value is -2.27. The van der Waals surface area contributed by atoms with Gasteiger partial charge in [-0.25, -0.2) is 4.98 Å². The van der Waals surface area contributed by atoms with E-state index < -0.39 is 12.7 Å². The maximum Gasteiger partial charge on any atom is 0.401 e. The molecule has 1 aliphatic rings. The topological polar surface area (TPSA) is 48.5 Å². The molecule has 1 amide bonds. The van der Waals surface area contributed by atoms with Crippen molar-refractivity contribution in [3.05, 3.63) is 23.9 Å². The summed E-state index contributed by atoms with van der Waals surface area (Å²) in [6.45, 7) is 2.22. The number of nitrogens with zero attached hydrogens (tertiary/aromatic N) is 3. The third kappa shape index (κ3) is 4.86. The lowest BCUT2D eigenvalue weighted by molar-refractivity contribution is -0.150. The average molecular weight is 340 g/mol. The SMILES string of the molecule is C#CCNC(=O)c1ccc(N2CCN(CC(F)(F)F)C(C)C2)nc1. The van der Waals surface area contributed by atoms with Crippen LogP contribution in [0.4, 0.5) is 19.0 Å². The van der Waals surface area contributed by atoms with Crippen LogP contribution in [-0.4, -0.2) is 60.7 Å². The molecule has 1 unspecified atom stereocenters. The Morgan fingerprint density at radius 3 is 2.75 bits per heavy atom. The van der Waals surface area contributed by atoms with Crippen molar-refractivity contribution in [1.82, 2.24) is 15.2 Å². The number of piperazine rings is 1. The van der Waals surface area contributed by atoms with Crippen molar-refractivity contribution >= 4 is 11.7 Å². The second-order valence-electron chi connectivity index (χ2n) is 5.67. The van der Waals surface area contributed by atoms with Crippen molar-refractivity contribution in [2.45, 2.75) is 19.1 Å². The molecule has 24 heavy (non-hydrogen) atoms. The van der Waals surface area contributed by atoms with Gasteiger partial charge in [-0.2, -0.15) is 13.2 Å². The quantitative estimate of drug-likeness (QED) is 0.845. The highest BCUT2D eigenvalue weighted by atomic mass is 19.4. The van der Waals surface area contributed by atoms with E-state index in [9.17, 15) is 18.0 Å². The van der Waals surface area contributed by atoms with Gasteiger partial charge < -0.3 is 10.2 Å². The molecule has 5 nitrogen and oxygen atoms in total. The van der Waals surface area contributed by atoms with Gasteiger partial charge in [0.25, 0.3) is 5.91 Å². The number of anilines is 1. The largest absolute Gasteiger partial charge is 0.401 e. The number of halogens is 3. The molecule has 1 aromatic rings. The van der Waals surface area contributed by atoms with Gasteiger partial charge >= 0.3 is 6.18 Å². The highest BCUT2D eigenvalue weighted by molar-refractivity contribution is 5.94. The predicted octanol–water partition coefficient (Wildman–Crippen LogP) is 1.52. The number of carbonyl (C=O) groups excluding carboxylic acids is 1. The van der Waals surface area contributed by atoms with Crippen molar-refractivity contribution in [3.63, 3.8) is 0 Å². The molecule has 0 spiro atoms. The van der Waals surface area contributed by atoms with E-state index in [2.05, 4.69) is 16.2 Å². The van der Waals surface area contributed by atoms with Gasteiger partial charge in [0, 0.05) is 31.9 Å². The molecule has 0 aliphatic carbocycles. The first-order chi connectivity index (χ1) is 11.3. The second kappa shape index (κ2) is 7.53.